The number of rotatable bonds is 4. The number of aromatic nitrogens is 1. The first-order chi connectivity index (χ1) is 6.49. The highest BCUT2D eigenvalue weighted by atomic mass is 79.9. The summed E-state index contributed by atoms with van der Waals surface area (Å²) in [5, 5.41) is 3.00. The molecule has 0 aliphatic heterocycles. The maximum absolute atomic E-state index is 10.8. The van der Waals surface area contributed by atoms with Crippen LogP contribution in [0.15, 0.2) is 22.9 Å². The van der Waals surface area contributed by atoms with E-state index in [4.69, 9.17) is 0 Å². The van der Waals surface area contributed by atoms with Crippen molar-refractivity contribution < 1.29 is 8.42 Å². The van der Waals surface area contributed by atoms with Gasteiger partial charge < -0.3 is 5.32 Å². The van der Waals surface area contributed by atoms with E-state index in [1.807, 2.05) is 0 Å². The van der Waals surface area contributed by atoms with Crippen LogP contribution in [0.3, 0.4) is 0 Å². The topological polar surface area (TPSA) is 59.1 Å². The van der Waals surface area contributed by atoms with E-state index in [2.05, 4.69) is 26.2 Å². The highest BCUT2D eigenvalue weighted by Crippen LogP contribution is 2.19. The van der Waals surface area contributed by atoms with E-state index in [1.165, 1.54) is 6.26 Å². The van der Waals surface area contributed by atoms with E-state index in [9.17, 15) is 8.42 Å². The van der Waals surface area contributed by atoms with Crippen molar-refractivity contribution in [2.75, 3.05) is 23.9 Å². The fourth-order valence-electron chi connectivity index (χ4n) is 0.890. The fourth-order valence-corrected chi connectivity index (χ4v) is 1.75. The minimum atomic E-state index is -2.90. The third-order valence-corrected chi connectivity index (χ3v) is 3.14. The van der Waals surface area contributed by atoms with Crippen molar-refractivity contribution in [1.82, 2.24) is 4.98 Å². The molecule has 78 valence electrons. The molecule has 0 bridgehead atoms. The van der Waals surface area contributed by atoms with Crippen molar-refractivity contribution in [2.45, 2.75) is 0 Å². The van der Waals surface area contributed by atoms with Crippen molar-refractivity contribution in [3.05, 3.63) is 22.9 Å². The van der Waals surface area contributed by atoms with Gasteiger partial charge in [0.1, 0.15) is 9.84 Å². The first kappa shape index (κ1) is 11.5. The van der Waals surface area contributed by atoms with Crippen LogP contribution in [0.25, 0.3) is 0 Å². The maximum Gasteiger partial charge on any atom is 0.149 e. The van der Waals surface area contributed by atoms with E-state index >= 15 is 0 Å². The lowest BCUT2D eigenvalue weighted by atomic mass is 10.4. The number of nitrogens with one attached hydrogen (secondary N) is 1. The minimum absolute atomic E-state index is 0.127. The lowest BCUT2D eigenvalue weighted by molar-refractivity contribution is 0.602. The molecule has 0 aliphatic rings. The van der Waals surface area contributed by atoms with Crippen LogP contribution in [-0.4, -0.2) is 32.0 Å². The second kappa shape index (κ2) is 4.75. The summed E-state index contributed by atoms with van der Waals surface area (Å²) >= 11 is 3.30. The van der Waals surface area contributed by atoms with Crippen LogP contribution in [0.4, 0.5) is 5.69 Å². The molecular formula is C8H11BrN2O2S. The molecule has 0 saturated heterocycles. The summed E-state index contributed by atoms with van der Waals surface area (Å²) in [4.78, 5) is 3.90. The Morgan fingerprint density at radius 1 is 1.57 bits per heavy atom. The standard InChI is InChI=1S/C8H11BrN2O2S/c1-14(12,13)5-4-11-8-2-3-10-6-7(8)9/h2-3,6H,4-5H2,1H3,(H,10,11). The summed E-state index contributed by atoms with van der Waals surface area (Å²) in [6.45, 7) is 0.404. The van der Waals surface area contributed by atoms with Crippen molar-refractivity contribution in [2.24, 2.45) is 0 Å². The molecule has 0 unspecified atom stereocenters. The van der Waals surface area contributed by atoms with Crippen LogP contribution < -0.4 is 5.32 Å². The predicted molar refractivity (Wildman–Crippen MR) is 60.1 cm³/mol. The van der Waals surface area contributed by atoms with Gasteiger partial charge in [-0.2, -0.15) is 0 Å². The normalized spacial score (nSPS) is 11.3. The summed E-state index contributed by atoms with van der Waals surface area (Å²) in [6, 6.07) is 1.78. The molecule has 0 saturated carbocycles. The molecule has 0 amide bonds. The second-order valence-electron chi connectivity index (χ2n) is 2.91. The third-order valence-electron chi connectivity index (χ3n) is 1.56. The van der Waals surface area contributed by atoms with E-state index in [0.29, 0.717) is 6.54 Å². The quantitative estimate of drug-likeness (QED) is 0.902. The van der Waals surface area contributed by atoms with Crippen LogP contribution in [0.1, 0.15) is 0 Å². The Labute approximate surface area is 91.8 Å². The zero-order valence-electron chi connectivity index (χ0n) is 7.70. The molecule has 0 aliphatic carbocycles. The van der Waals surface area contributed by atoms with Gasteiger partial charge in [0.05, 0.1) is 15.9 Å². The molecule has 0 radical (unpaired) electrons. The third kappa shape index (κ3) is 4.06. The smallest absolute Gasteiger partial charge is 0.149 e. The lowest BCUT2D eigenvalue weighted by Crippen LogP contribution is -2.14. The minimum Gasteiger partial charge on any atom is -0.383 e. The van der Waals surface area contributed by atoms with Crippen LogP contribution in [-0.2, 0) is 9.84 Å². The fraction of sp³-hybridized carbons (Fsp3) is 0.375. The Kier molecular flexibility index (Phi) is 3.88. The monoisotopic (exact) mass is 278 g/mol. The van der Waals surface area contributed by atoms with Crippen molar-refractivity contribution >= 4 is 31.5 Å². The largest absolute Gasteiger partial charge is 0.383 e. The van der Waals surface area contributed by atoms with Crippen LogP contribution >= 0.6 is 15.9 Å². The molecule has 0 aromatic carbocycles. The van der Waals surface area contributed by atoms with Crippen molar-refractivity contribution in [3.63, 3.8) is 0 Å². The number of halogens is 1. The molecular weight excluding hydrogens is 268 g/mol. The van der Waals surface area contributed by atoms with Gasteiger partial charge in [0.2, 0.25) is 0 Å². The summed E-state index contributed by atoms with van der Waals surface area (Å²) in [7, 11) is -2.90. The van der Waals surface area contributed by atoms with Gasteiger partial charge in [-0.25, -0.2) is 8.42 Å². The molecule has 1 heterocycles. The second-order valence-corrected chi connectivity index (χ2v) is 6.03. The number of pyridine rings is 1. The van der Waals surface area contributed by atoms with E-state index in [-0.39, 0.29) is 5.75 Å². The summed E-state index contributed by atoms with van der Waals surface area (Å²) in [5.74, 6) is 0.127. The predicted octanol–water partition coefficient (Wildman–Crippen LogP) is 1.30. The molecule has 6 heteroatoms. The van der Waals surface area contributed by atoms with Gasteiger partial charge in [-0.15, -0.1) is 0 Å². The highest BCUT2D eigenvalue weighted by molar-refractivity contribution is 9.10. The number of hydrogen-bond acceptors (Lipinski definition) is 4. The van der Waals surface area contributed by atoms with E-state index in [0.717, 1.165) is 10.2 Å². The maximum atomic E-state index is 10.8. The summed E-state index contributed by atoms with van der Waals surface area (Å²) in [6.07, 6.45) is 4.52. The molecule has 0 spiro atoms. The number of hydrogen-bond donors (Lipinski definition) is 1. The molecule has 4 nitrogen and oxygen atoms in total. The Balaban J connectivity index is 2.51. The van der Waals surface area contributed by atoms with E-state index in [1.54, 1.807) is 18.5 Å². The molecule has 0 atom stereocenters. The van der Waals surface area contributed by atoms with Crippen molar-refractivity contribution in [1.29, 1.82) is 0 Å². The molecule has 1 rings (SSSR count). The highest BCUT2D eigenvalue weighted by Gasteiger charge is 2.02. The first-order valence-electron chi connectivity index (χ1n) is 4.00. The Morgan fingerprint density at radius 3 is 2.86 bits per heavy atom. The van der Waals surface area contributed by atoms with Crippen molar-refractivity contribution in [3.8, 4) is 0 Å². The molecule has 1 N–H and O–H groups in total. The molecule has 0 fully saturated rings. The SMILES string of the molecule is CS(=O)(=O)CCNc1ccncc1Br. The Hall–Kier alpha value is -0.620. The van der Waals surface area contributed by atoms with Crippen LogP contribution in [0.2, 0.25) is 0 Å². The summed E-state index contributed by atoms with van der Waals surface area (Å²) < 4.78 is 22.5. The van der Waals surface area contributed by atoms with E-state index < -0.39 is 9.84 Å². The molecule has 1 aromatic rings. The van der Waals surface area contributed by atoms with Gasteiger partial charge in [-0.1, -0.05) is 0 Å². The molecule has 14 heavy (non-hydrogen) atoms. The molecule has 1 aromatic heterocycles. The zero-order chi connectivity index (χ0) is 10.6. The van der Waals surface area contributed by atoms with Crippen LogP contribution in [0, 0.1) is 0 Å². The average molecular weight is 279 g/mol. The first-order valence-corrected chi connectivity index (χ1v) is 6.85. The lowest BCUT2D eigenvalue weighted by Gasteiger charge is -2.06. The zero-order valence-corrected chi connectivity index (χ0v) is 10.1. The summed E-state index contributed by atoms with van der Waals surface area (Å²) in [5.41, 5.74) is 0.851. The van der Waals surface area contributed by atoms with Gasteiger partial charge in [0.15, 0.2) is 0 Å². The van der Waals surface area contributed by atoms with Gasteiger partial charge >= 0.3 is 0 Å². The van der Waals surface area contributed by atoms with Gasteiger partial charge in [0.25, 0.3) is 0 Å². The van der Waals surface area contributed by atoms with Gasteiger partial charge in [0, 0.05) is 25.2 Å². The Bertz CT molecular complexity index is 406. The van der Waals surface area contributed by atoms with Gasteiger partial charge in [-0.3, -0.25) is 4.98 Å². The Morgan fingerprint density at radius 2 is 2.29 bits per heavy atom. The number of anilines is 1. The number of nitrogens with zero attached hydrogens (tertiary/aromatic N) is 1. The number of sulfone groups is 1. The van der Waals surface area contributed by atoms with Gasteiger partial charge in [-0.05, 0) is 22.0 Å². The van der Waals surface area contributed by atoms with Crippen LogP contribution in [0.5, 0.6) is 0 Å². The average Bonchev–Trinajstić information content (AvgIpc) is 2.06.